The molecule has 2 saturated heterocycles. The molecule has 4 rings (SSSR count). The molecule has 2 aliphatic rings. The van der Waals surface area contributed by atoms with E-state index in [1.165, 1.54) is 0 Å². The summed E-state index contributed by atoms with van der Waals surface area (Å²) in [6.07, 6.45) is 4.49. The van der Waals surface area contributed by atoms with Gasteiger partial charge in [-0.2, -0.15) is 10.1 Å². The third-order valence-electron chi connectivity index (χ3n) is 5.20. The molecule has 0 saturated carbocycles. The van der Waals surface area contributed by atoms with E-state index in [2.05, 4.69) is 20.1 Å². The van der Waals surface area contributed by atoms with Crippen LogP contribution in [0.4, 0.5) is 10.2 Å². The number of H-pyrrole nitrogens is 1. The largest absolute Gasteiger partial charge is 0.480 e. The van der Waals surface area contributed by atoms with E-state index in [0.29, 0.717) is 44.2 Å². The lowest BCUT2D eigenvalue weighted by molar-refractivity contribution is -0.122. The maximum absolute atomic E-state index is 13.4. The van der Waals surface area contributed by atoms with Crippen molar-refractivity contribution in [3.05, 3.63) is 24.5 Å². The number of carbonyl (C=O) groups excluding carboxylic acids is 1. The van der Waals surface area contributed by atoms with E-state index in [0.717, 1.165) is 17.5 Å². The Balaban J connectivity index is 0.00000210. The molecular weight excluding hydrogens is 373 g/mol. The molecule has 27 heavy (non-hydrogen) atoms. The number of alkyl halides is 1. The van der Waals surface area contributed by atoms with Crippen LogP contribution in [0.15, 0.2) is 24.5 Å². The normalized spacial score (nSPS) is 21.3. The van der Waals surface area contributed by atoms with Crippen LogP contribution in [-0.2, 0) is 4.79 Å². The number of nitrogens with zero attached hydrogens (tertiary/aromatic N) is 4. The van der Waals surface area contributed by atoms with Crippen molar-refractivity contribution < 1.29 is 13.9 Å². The van der Waals surface area contributed by atoms with E-state index >= 15 is 0 Å². The van der Waals surface area contributed by atoms with Crippen molar-refractivity contribution in [3.8, 4) is 17.0 Å². The van der Waals surface area contributed by atoms with Crippen LogP contribution >= 0.6 is 12.4 Å². The molecule has 0 bridgehead atoms. The zero-order valence-electron chi connectivity index (χ0n) is 15.1. The minimum Gasteiger partial charge on any atom is -0.480 e. The summed E-state index contributed by atoms with van der Waals surface area (Å²) in [7, 11) is 1.56. The van der Waals surface area contributed by atoms with Gasteiger partial charge in [0.1, 0.15) is 12.0 Å². The molecular formula is C18H23ClFN5O2. The van der Waals surface area contributed by atoms with Gasteiger partial charge in [0.15, 0.2) is 0 Å². The van der Waals surface area contributed by atoms with Crippen LogP contribution < -0.4 is 9.64 Å². The first-order valence-corrected chi connectivity index (χ1v) is 8.91. The number of aromatic amines is 1. The SMILES string of the molecule is COc1nc(N2CCC(N3CCC(F)CC3)C2=O)ccc1-c1cn[nH]c1.Cl. The summed E-state index contributed by atoms with van der Waals surface area (Å²) in [6, 6.07) is 3.55. The van der Waals surface area contributed by atoms with E-state index in [1.54, 1.807) is 24.4 Å². The number of hydrogen-bond acceptors (Lipinski definition) is 5. The van der Waals surface area contributed by atoms with Gasteiger partial charge in [0.25, 0.3) is 0 Å². The number of likely N-dealkylation sites (tertiary alicyclic amines) is 1. The summed E-state index contributed by atoms with van der Waals surface area (Å²) in [4.78, 5) is 21.2. The van der Waals surface area contributed by atoms with Crippen LogP contribution in [0, 0.1) is 0 Å². The number of nitrogens with one attached hydrogen (secondary N) is 1. The topological polar surface area (TPSA) is 74.3 Å². The zero-order valence-corrected chi connectivity index (χ0v) is 15.9. The fourth-order valence-corrected chi connectivity index (χ4v) is 3.77. The van der Waals surface area contributed by atoms with Gasteiger partial charge in [0.05, 0.1) is 19.3 Å². The van der Waals surface area contributed by atoms with E-state index in [1.807, 2.05) is 12.1 Å². The number of anilines is 1. The second kappa shape index (κ2) is 8.22. The lowest BCUT2D eigenvalue weighted by Gasteiger charge is -2.32. The van der Waals surface area contributed by atoms with Gasteiger partial charge in [-0.1, -0.05) is 0 Å². The van der Waals surface area contributed by atoms with Crippen molar-refractivity contribution in [2.45, 2.75) is 31.5 Å². The number of amides is 1. The van der Waals surface area contributed by atoms with Crippen LogP contribution in [-0.4, -0.2) is 64.9 Å². The lowest BCUT2D eigenvalue weighted by Crippen LogP contribution is -2.46. The number of methoxy groups -OCH3 is 1. The highest BCUT2D eigenvalue weighted by atomic mass is 35.5. The molecule has 1 atom stereocenters. The monoisotopic (exact) mass is 395 g/mol. The summed E-state index contributed by atoms with van der Waals surface area (Å²) >= 11 is 0. The molecule has 4 heterocycles. The predicted octanol–water partition coefficient (Wildman–Crippen LogP) is 2.44. The molecule has 9 heteroatoms. The van der Waals surface area contributed by atoms with Gasteiger partial charge < -0.3 is 4.74 Å². The Kier molecular flexibility index (Phi) is 5.96. The highest BCUT2D eigenvalue weighted by Gasteiger charge is 2.38. The smallest absolute Gasteiger partial charge is 0.245 e. The second-order valence-electron chi connectivity index (χ2n) is 6.72. The quantitative estimate of drug-likeness (QED) is 0.860. The number of rotatable bonds is 4. The molecule has 0 aromatic carbocycles. The van der Waals surface area contributed by atoms with Crippen molar-refractivity contribution in [3.63, 3.8) is 0 Å². The van der Waals surface area contributed by atoms with Gasteiger partial charge in [0, 0.05) is 37.0 Å². The summed E-state index contributed by atoms with van der Waals surface area (Å²) in [6.45, 7) is 1.89. The van der Waals surface area contributed by atoms with Crippen LogP contribution in [0.2, 0.25) is 0 Å². The van der Waals surface area contributed by atoms with Gasteiger partial charge in [-0.3, -0.25) is 19.7 Å². The number of hydrogen-bond donors (Lipinski definition) is 1. The van der Waals surface area contributed by atoms with Gasteiger partial charge in [-0.15, -0.1) is 12.4 Å². The Hall–Kier alpha value is -2.19. The molecule has 0 radical (unpaired) electrons. The number of aromatic nitrogens is 3. The molecule has 2 aromatic heterocycles. The minimum absolute atomic E-state index is 0. The van der Waals surface area contributed by atoms with Gasteiger partial charge in [0.2, 0.25) is 11.8 Å². The number of piperidine rings is 1. The van der Waals surface area contributed by atoms with Crippen LogP contribution in [0.3, 0.4) is 0 Å². The molecule has 146 valence electrons. The highest BCUT2D eigenvalue weighted by molar-refractivity contribution is 5.99. The molecule has 1 amide bonds. The molecule has 1 N–H and O–H groups in total. The van der Waals surface area contributed by atoms with E-state index in [-0.39, 0.29) is 24.4 Å². The number of halogens is 2. The zero-order chi connectivity index (χ0) is 18.1. The van der Waals surface area contributed by atoms with Crippen molar-refractivity contribution >= 4 is 24.1 Å². The van der Waals surface area contributed by atoms with Crippen molar-refractivity contribution in [1.82, 2.24) is 20.1 Å². The number of ether oxygens (including phenoxy) is 1. The first kappa shape index (κ1) is 19.6. The molecule has 2 aliphatic heterocycles. The van der Waals surface area contributed by atoms with Gasteiger partial charge in [-0.25, -0.2) is 4.39 Å². The van der Waals surface area contributed by atoms with Crippen molar-refractivity contribution in [2.24, 2.45) is 0 Å². The fourth-order valence-electron chi connectivity index (χ4n) is 3.77. The Morgan fingerprint density at radius 1 is 1.22 bits per heavy atom. The Morgan fingerprint density at radius 3 is 2.67 bits per heavy atom. The van der Waals surface area contributed by atoms with Crippen LogP contribution in [0.1, 0.15) is 19.3 Å². The summed E-state index contributed by atoms with van der Waals surface area (Å²) in [5, 5.41) is 6.72. The van der Waals surface area contributed by atoms with E-state index in [4.69, 9.17) is 4.74 Å². The summed E-state index contributed by atoms with van der Waals surface area (Å²) in [5.41, 5.74) is 1.69. The van der Waals surface area contributed by atoms with Gasteiger partial charge >= 0.3 is 0 Å². The summed E-state index contributed by atoms with van der Waals surface area (Å²) in [5.74, 6) is 1.08. The lowest BCUT2D eigenvalue weighted by atomic mass is 10.1. The maximum atomic E-state index is 13.4. The predicted molar refractivity (Wildman–Crippen MR) is 102 cm³/mol. The molecule has 0 spiro atoms. The Bertz CT molecular complexity index is 780. The van der Waals surface area contributed by atoms with Crippen LogP contribution in [0.25, 0.3) is 11.1 Å². The molecule has 2 fully saturated rings. The van der Waals surface area contributed by atoms with E-state index in [9.17, 15) is 9.18 Å². The standard InChI is InChI=1S/C18H22FN5O2.ClH/c1-26-17-14(12-10-20-21-11-12)2-3-16(22-17)24-9-6-15(18(24)25)23-7-4-13(19)5-8-23;/h2-3,10-11,13,15H,4-9H2,1H3,(H,20,21);1H. The highest BCUT2D eigenvalue weighted by Crippen LogP contribution is 2.32. The first-order valence-electron chi connectivity index (χ1n) is 8.91. The molecule has 1 unspecified atom stereocenters. The average Bonchev–Trinajstić information content (AvgIpc) is 3.32. The maximum Gasteiger partial charge on any atom is 0.245 e. The van der Waals surface area contributed by atoms with Crippen LogP contribution in [0.5, 0.6) is 5.88 Å². The first-order chi connectivity index (χ1) is 12.7. The molecule has 2 aromatic rings. The summed E-state index contributed by atoms with van der Waals surface area (Å²) < 4.78 is 18.8. The molecule has 7 nitrogen and oxygen atoms in total. The number of pyridine rings is 1. The van der Waals surface area contributed by atoms with Crippen molar-refractivity contribution in [2.75, 3.05) is 31.6 Å². The fraction of sp³-hybridized carbons (Fsp3) is 0.500. The molecule has 0 aliphatic carbocycles. The average molecular weight is 396 g/mol. The van der Waals surface area contributed by atoms with E-state index < -0.39 is 6.17 Å². The third-order valence-corrected chi connectivity index (χ3v) is 5.20. The second-order valence-corrected chi connectivity index (χ2v) is 6.72. The minimum atomic E-state index is -0.736. The third kappa shape index (κ3) is 3.77. The number of carbonyl (C=O) groups is 1. The van der Waals surface area contributed by atoms with Crippen molar-refractivity contribution in [1.29, 1.82) is 0 Å². The Morgan fingerprint density at radius 2 is 2.00 bits per heavy atom. The van der Waals surface area contributed by atoms with Gasteiger partial charge in [-0.05, 0) is 31.4 Å². The Labute approximate surface area is 163 Å².